The molecule has 1 saturated heterocycles. The molecule has 0 aliphatic carbocycles. The van der Waals surface area contributed by atoms with Gasteiger partial charge in [-0.05, 0) is 24.1 Å². The number of nitrogens with one attached hydrogen (secondary N) is 1. The first-order valence-electron chi connectivity index (χ1n) is 5.53. The molecule has 0 radical (unpaired) electrons. The lowest BCUT2D eigenvalue weighted by Crippen LogP contribution is -2.24. The van der Waals surface area contributed by atoms with Crippen molar-refractivity contribution < 1.29 is 9.18 Å². The first-order chi connectivity index (χ1) is 8.69. The zero-order valence-electron chi connectivity index (χ0n) is 9.76. The van der Waals surface area contributed by atoms with Crippen LogP contribution in [0.4, 0.5) is 4.39 Å². The number of thioether (sulfide) groups is 1. The van der Waals surface area contributed by atoms with Gasteiger partial charge in [0.25, 0.3) is 0 Å². The van der Waals surface area contributed by atoms with Crippen molar-refractivity contribution in [2.24, 2.45) is 10.2 Å². The van der Waals surface area contributed by atoms with E-state index in [1.165, 1.54) is 30.1 Å². The number of hydrogen-bond acceptors (Lipinski definition) is 4. The Morgan fingerprint density at radius 2 is 2.17 bits per heavy atom. The Morgan fingerprint density at radius 1 is 1.44 bits per heavy atom. The summed E-state index contributed by atoms with van der Waals surface area (Å²) in [6.45, 7) is 1.95. The molecule has 2 rings (SSSR count). The molecule has 0 saturated carbocycles. The quantitative estimate of drug-likeness (QED) is 0.672. The van der Waals surface area contributed by atoms with E-state index < -0.39 is 0 Å². The number of amides is 1. The first-order valence-corrected chi connectivity index (χ1v) is 6.41. The molecule has 1 aliphatic heterocycles. The maximum absolute atomic E-state index is 12.7. The van der Waals surface area contributed by atoms with Crippen LogP contribution in [0.3, 0.4) is 0 Å². The largest absolute Gasteiger partial charge is 0.303 e. The number of rotatable bonds is 3. The molecule has 1 aliphatic rings. The molecular weight excluding hydrogens is 253 g/mol. The van der Waals surface area contributed by atoms with Gasteiger partial charge in [0.15, 0.2) is 5.17 Å². The molecule has 1 N–H and O–H groups in total. The van der Waals surface area contributed by atoms with E-state index in [-0.39, 0.29) is 17.0 Å². The van der Waals surface area contributed by atoms with Crippen LogP contribution in [0.15, 0.2) is 34.5 Å². The third-order valence-electron chi connectivity index (χ3n) is 2.37. The molecule has 0 spiro atoms. The Kier molecular flexibility index (Phi) is 4.09. The highest BCUT2D eigenvalue weighted by atomic mass is 32.2. The fourth-order valence-electron chi connectivity index (χ4n) is 1.42. The summed E-state index contributed by atoms with van der Waals surface area (Å²) in [7, 11) is 0. The van der Waals surface area contributed by atoms with Crippen molar-refractivity contribution in [2.75, 3.05) is 0 Å². The van der Waals surface area contributed by atoms with Crippen molar-refractivity contribution in [1.82, 2.24) is 5.32 Å². The Bertz CT molecular complexity index is 499. The number of benzene rings is 1. The number of amidine groups is 1. The smallest absolute Gasteiger partial charge is 0.239 e. The molecule has 1 fully saturated rings. The molecule has 0 bridgehead atoms. The van der Waals surface area contributed by atoms with Gasteiger partial charge in [-0.1, -0.05) is 30.8 Å². The minimum absolute atomic E-state index is 0.0294. The molecule has 94 valence electrons. The summed E-state index contributed by atoms with van der Waals surface area (Å²) >= 11 is 1.37. The fourth-order valence-corrected chi connectivity index (χ4v) is 2.27. The van der Waals surface area contributed by atoms with Crippen molar-refractivity contribution in [3.8, 4) is 0 Å². The standard InChI is InChI=1S/C12H12FN3OS/c1-2-10-11(17)15-12(18-10)16-14-7-8-3-5-9(13)6-4-8/h3-7,10H,2H2,1H3,(H,15,16,17)/b14-7+. The maximum atomic E-state index is 12.7. The van der Waals surface area contributed by atoms with Gasteiger partial charge in [0.05, 0.1) is 11.5 Å². The fraction of sp³-hybridized carbons (Fsp3) is 0.250. The lowest BCUT2D eigenvalue weighted by Gasteiger charge is -1.95. The minimum Gasteiger partial charge on any atom is -0.303 e. The van der Waals surface area contributed by atoms with Crippen molar-refractivity contribution in [1.29, 1.82) is 0 Å². The van der Waals surface area contributed by atoms with Crippen LogP contribution in [-0.4, -0.2) is 22.5 Å². The molecule has 6 heteroatoms. The van der Waals surface area contributed by atoms with E-state index in [2.05, 4.69) is 15.5 Å². The van der Waals surface area contributed by atoms with Gasteiger partial charge in [-0.25, -0.2) is 4.39 Å². The third kappa shape index (κ3) is 3.16. The summed E-state index contributed by atoms with van der Waals surface area (Å²) in [5.41, 5.74) is 0.752. The zero-order chi connectivity index (χ0) is 13.0. The molecule has 1 atom stereocenters. The van der Waals surface area contributed by atoms with Gasteiger partial charge in [0, 0.05) is 0 Å². The Balaban J connectivity index is 1.99. The number of halogens is 1. The minimum atomic E-state index is -0.289. The molecule has 1 aromatic carbocycles. The highest BCUT2D eigenvalue weighted by molar-refractivity contribution is 8.15. The van der Waals surface area contributed by atoms with E-state index in [0.29, 0.717) is 5.17 Å². The van der Waals surface area contributed by atoms with Crippen molar-refractivity contribution in [3.63, 3.8) is 0 Å². The van der Waals surface area contributed by atoms with Crippen LogP contribution >= 0.6 is 11.8 Å². The number of carbonyl (C=O) groups excluding carboxylic acids is 1. The average molecular weight is 265 g/mol. The van der Waals surface area contributed by atoms with Gasteiger partial charge < -0.3 is 5.32 Å². The number of hydrogen-bond donors (Lipinski definition) is 1. The highest BCUT2D eigenvalue weighted by Gasteiger charge is 2.28. The van der Waals surface area contributed by atoms with Crippen molar-refractivity contribution >= 4 is 29.1 Å². The summed E-state index contributed by atoms with van der Waals surface area (Å²) in [5.74, 6) is -0.318. The second kappa shape index (κ2) is 5.77. The van der Waals surface area contributed by atoms with E-state index in [1.807, 2.05) is 6.92 Å². The van der Waals surface area contributed by atoms with Crippen LogP contribution in [0.2, 0.25) is 0 Å². The average Bonchev–Trinajstić information content (AvgIpc) is 2.72. The van der Waals surface area contributed by atoms with E-state index in [1.54, 1.807) is 12.1 Å². The topological polar surface area (TPSA) is 53.8 Å². The Hall–Kier alpha value is -1.69. The van der Waals surface area contributed by atoms with Crippen LogP contribution in [-0.2, 0) is 4.79 Å². The molecule has 0 aromatic heterocycles. The highest BCUT2D eigenvalue weighted by Crippen LogP contribution is 2.21. The number of carbonyl (C=O) groups is 1. The summed E-state index contributed by atoms with van der Waals surface area (Å²) in [4.78, 5) is 11.4. The van der Waals surface area contributed by atoms with Crippen LogP contribution < -0.4 is 5.32 Å². The SMILES string of the molecule is CCC1S/C(=N/N=C/c2ccc(F)cc2)NC1=O. The van der Waals surface area contributed by atoms with Crippen LogP contribution in [0.5, 0.6) is 0 Å². The molecule has 18 heavy (non-hydrogen) atoms. The molecular formula is C12H12FN3OS. The normalized spacial score (nSPS) is 21.8. The summed E-state index contributed by atoms with van der Waals surface area (Å²) < 4.78 is 12.7. The van der Waals surface area contributed by atoms with E-state index in [0.717, 1.165) is 12.0 Å². The van der Waals surface area contributed by atoms with Crippen molar-refractivity contribution in [2.45, 2.75) is 18.6 Å². The summed E-state index contributed by atoms with van der Waals surface area (Å²) in [6.07, 6.45) is 2.27. The van der Waals surface area contributed by atoms with E-state index >= 15 is 0 Å². The van der Waals surface area contributed by atoms with Gasteiger partial charge >= 0.3 is 0 Å². The predicted molar refractivity (Wildman–Crippen MR) is 71.2 cm³/mol. The summed E-state index contributed by atoms with van der Waals surface area (Å²) in [5, 5.41) is 10.9. The molecule has 4 nitrogen and oxygen atoms in total. The predicted octanol–water partition coefficient (Wildman–Crippen LogP) is 2.16. The van der Waals surface area contributed by atoms with Crippen LogP contribution in [0, 0.1) is 5.82 Å². The van der Waals surface area contributed by atoms with Crippen LogP contribution in [0.25, 0.3) is 0 Å². The summed E-state index contributed by atoms with van der Waals surface area (Å²) in [6, 6.07) is 5.92. The van der Waals surface area contributed by atoms with E-state index in [4.69, 9.17) is 0 Å². The second-order valence-electron chi connectivity index (χ2n) is 3.71. The molecule has 1 unspecified atom stereocenters. The van der Waals surface area contributed by atoms with Gasteiger partial charge in [-0.15, -0.1) is 5.10 Å². The lowest BCUT2D eigenvalue weighted by molar-refractivity contribution is -0.118. The van der Waals surface area contributed by atoms with Gasteiger partial charge in [-0.2, -0.15) is 5.10 Å². The maximum Gasteiger partial charge on any atom is 0.239 e. The van der Waals surface area contributed by atoms with Gasteiger partial charge in [0.2, 0.25) is 5.91 Å². The van der Waals surface area contributed by atoms with Crippen LogP contribution in [0.1, 0.15) is 18.9 Å². The molecule has 1 heterocycles. The van der Waals surface area contributed by atoms with Gasteiger partial charge in [-0.3, -0.25) is 4.79 Å². The Labute approximate surface area is 108 Å². The monoisotopic (exact) mass is 265 g/mol. The van der Waals surface area contributed by atoms with Gasteiger partial charge in [0.1, 0.15) is 5.82 Å². The Morgan fingerprint density at radius 3 is 2.78 bits per heavy atom. The zero-order valence-corrected chi connectivity index (χ0v) is 10.6. The second-order valence-corrected chi connectivity index (χ2v) is 4.90. The molecule has 1 amide bonds. The third-order valence-corrected chi connectivity index (χ3v) is 3.61. The first kappa shape index (κ1) is 12.8. The molecule has 1 aromatic rings. The van der Waals surface area contributed by atoms with E-state index in [9.17, 15) is 9.18 Å². The number of nitrogens with zero attached hydrogens (tertiary/aromatic N) is 2. The van der Waals surface area contributed by atoms with Crippen molar-refractivity contribution in [3.05, 3.63) is 35.6 Å². The lowest BCUT2D eigenvalue weighted by atomic mass is 10.2.